The van der Waals surface area contributed by atoms with Gasteiger partial charge in [-0.05, 0) is 35.0 Å². The molecule has 0 atom stereocenters. The molecule has 2 rings (SSSR count). The van der Waals surface area contributed by atoms with E-state index in [9.17, 15) is 13.2 Å². The number of methoxy groups -OCH3 is 1. The zero-order chi connectivity index (χ0) is 16.9. The standard InChI is InChI=1S/C13H16N4O5S/c1-3-22-12(18)9-23(19,20)13-14-15-16-17(13)8-10-4-6-11(21-2)7-5-10/h4-7H,3,8-9H2,1-2H3. The molecule has 23 heavy (non-hydrogen) atoms. The summed E-state index contributed by atoms with van der Waals surface area (Å²) in [6, 6.07) is 7.02. The van der Waals surface area contributed by atoms with Crippen LogP contribution in [0.4, 0.5) is 0 Å². The van der Waals surface area contributed by atoms with E-state index in [0.29, 0.717) is 5.75 Å². The zero-order valence-electron chi connectivity index (χ0n) is 12.7. The van der Waals surface area contributed by atoms with E-state index in [-0.39, 0.29) is 18.3 Å². The Kier molecular flexibility index (Phi) is 5.27. The Labute approximate surface area is 133 Å². The third kappa shape index (κ3) is 4.25. The van der Waals surface area contributed by atoms with Gasteiger partial charge in [-0.15, -0.1) is 0 Å². The summed E-state index contributed by atoms with van der Waals surface area (Å²) in [5.41, 5.74) is 0.783. The lowest BCUT2D eigenvalue weighted by Crippen LogP contribution is -2.22. The van der Waals surface area contributed by atoms with Crippen molar-refractivity contribution in [3.8, 4) is 5.75 Å². The number of tetrazole rings is 1. The molecule has 0 radical (unpaired) electrons. The van der Waals surface area contributed by atoms with Crippen LogP contribution in [0.1, 0.15) is 12.5 Å². The van der Waals surface area contributed by atoms with E-state index < -0.39 is 21.6 Å². The molecule has 0 saturated heterocycles. The molecule has 0 unspecified atom stereocenters. The maximum atomic E-state index is 12.2. The monoisotopic (exact) mass is 340 g/mol. The van der Waals surface area contributed by atoms with Crippen molar-refractivity contribution < 1.29 is 22.7 Å². The summed E-state index contributed by atoms with van der Waals surface area (Å²) >= 11 is 0. The Morgan fingerprint density at radius 3 is 2.57 bits per heavy atom. The van der Waals surface area contributed by atoms with Crippen LogP contribution in [0.15, 0.2) is 29.4 Å². The lowest BCUT2D eigenvalue weighted by Gasteiger charge is -2.06. The molecule has 9 nitrogen and oxygen atoms in total. The number of carbonyl (C=O) groups excluding carboxylic acids is 1. The minimum Gasteiger partial charge on any atom is -0.497 e. The molecule has 0 saturated carbocycles. The summed E-state index contributed by atoms with van der Waals surface area (Å²) in [7, 11) is -2.42. The van der Waals surface area contributed by atoms with Crippen LogP contribution in [0.2, 0.25) is 0 Å². The second-order valence-corrected chi connectivity index (χ2v) is 6.41. The highest BCUT2D eigenvalue weighted by Gasteiger charge is 2.27. The Balaban J connectivity index is 2.19. The summed E-state index contributed by atoms with van der Waals surface area (Å²) in [4.78, 5) is 11.4. The fourth-order valence-corrected chi connectivity index (χ4v) is 2.95. The molecule has 2 aromatic rings. The fraction of sp³-hybridized carbons (Fsp3) is 0.385. The third-order valence-corrected chi connectivity index (χ3v) is 4.35. The molecule has 0 N–H and O–H groups in total. The summed E-state index contributed by atoms with van der Waals surface area (Å²) < 4.78 is 35.2. The quantitative estimate of drug-likeness (QED) is 0.651. The van der Waals surface area contributed by atoms with Gasteiger partial charge in [0.05, 0.1) is 20.3 Å². The number of ether oxygens (including phenoxy) is 2. The number of nitrogens with zero attached hydrogens (tertiary/aromatic N) is 4. The van der Waals surface area contributed by atoms with Gasteiger partial charge in [-0.2, -0.15) is 0 Å². The average molecular weight is 340 g/mol. The van der Waals surface area contributed by atoms with Crippen molar-refractivity contribution in [3.63, 3.8) is 0 Å². The maximum absolute atomic E-state index is 12.2. The van der Waals surface area contributed by atoms with E-state index in [2.05, 4.69) is 20.3 Å². The number of rotatable bonds is 7. The first-order chi connectivity index (χ1) is 11.0. The van der Waals surface area contributed by atoms with E-state index >= 15 is 0 Å². The topological polar surface area (TPSA) is 113 Å². The van der Waals surface area contributed by atoms with Crippen molar-refractivity contribution in [1.29, 1.82) is 0 Å². The first-order valence-corrected chi connectivity index (χ1v) is 8.39. The summed E-state index contributed by atoms with van der Waals surface area (Å²) in [6.45, 7) is 1.85. The van der Waals surface area contributed by atoms with Crippen LogP contribution in [-0.4, -0.2) is 54.1 Å². The molecule has 0 amide bonds. The van der Waals surface area contributed by atoms with Gasteiger partial charge in [0.15, 0.2) is 5.75 Å². The predicted molar refractivity (Wildman–Crippen MR) is 78.6 cm³/mol. The van der Waals surface area contributed by atoms with Gasteiger partial charge < -0.3 is 9.47 Å². The molecule has 0 aliphatic carbocycles. The maximum Gasteiger partial charge on any atom is 0.321 e. The minimum absolute atomic E-state index is 0.102. The van der Waals surface area contributed by atoms with Crippen LogP contribution in [-0.2, 0) is 25.9 Å². The van der Waals surface area contributed by atoms with E-state index in [0.717, 1.165) is 10.2 Å². The third-order valence-electron chi connectivity index (χ3n) is 2.88. The molecule has 124 valence electrons. The number of hydrogen-bond donors (Lipinski definition) is 0. The van der Waals surface area contributed by atoms with E-state index in [1.807, 2.05) is 0 Å². The van der Waals surface area contributed by atoms with Crippen molar-refractivity contribution >= 4 is 15.8 Å². The van der Waals surface area contributed by atoms with Gasteiger partial charge in [0, 0.05) is 0 Å². The van der Waals surface area contributed by atoms with E-state index in [1.54, 1.807) is 38.3 Å². The molecular weight excluding hydrogens is 324 g/mol. The molecular formula is C13H16N4O5S. The number of benzene rings is 1. The first kappa shape index (κ1) is 16.9. The average Bonchev–Trinajstić information content (AvgIpc) is 2.97. The highest BCUT2D eigenvalue weighted by atomic mass is 32.2. The van der Waals surface area contributed by atoms with Gasteiger partial charge in [0.2, 0.25) is 9.84 Å². The number of aromatic nitrogens is 4. The largest absolute Gasteiger partial charge is 0.497 e. The van der Waals surface area contributed by atoms with Crippen LogP contribution >= 0.6 is 0 Å². The van der Waals surface area contributed by atoms with Crippen molar-refractivity contribution in [1.82, 2.24) is 20.2 Å². The lowest BCUT2D eigenvalue weighted by atomic mass is 10.2. The SMILES string of the molecule is CCOC(=O)CS(=O)(=O)c1nnnn1Cc1ccc(OC)cc1. The normalized spacial score (nSPS) is 11.2. The molecule has 0 bridgehead atoms. The molecule has 0 aliphatic rings. The van der Waals surface area contributed by atoms with Gasteiger partial charge in [-0.25, -0.2) is 13.1 Å². The van der Waals surface area contributed by atoms with Crippen LogP contribution in [0, 0.1) is 0 Å². The molecule has 0 spiro atoms. The Morgan fingerprint density at radius 2 is 1.96 bits per heavy atom. The number of carbonyl (C=O) groups is 1. The van der Waals surface area contributed by atoms with Crippen LogP contribution in [0.5, 0.6) is 5.75 Å². The van der Waals surface area contributed by atoms with Crippen molar-refractivity contribution in [3.05, 3.63) is 29.8 Å². The molecule has 0 fully saturated rings. The highest BCUT2D eigenvalue weighted by molar-refractivity contribution is 7.91. The molecule has 1 aromatic carbocycles. The number of sulfone groups is 1. The Morgan fingerprint density at radius 1 is 1.26 bits per heavy atom. The molecule has 10 heteroatoms. The van der Waals surface area contributed by atoms with Crippen molar-refractivity contribution in [2.45, 2.75) is 18.6 Å². The second kappa shape index (κ2) is 7.18. The van der Waals surface area contributed by atoms with Gasteiger partial charge in [0.1, 0.15) is 5.75 Å². The van der Waals surface area contributed by atoms with E-state index in [1.165, 1.54) is 0 Å². The van der Waals surface area contributed by atoms with Gasteiger partial charge in [-0.3, -0.25) is 4.79 Å². The van der Waals surface area contributed by atoms with Gasteiger partial charge >= 0.3 is 5.97 Å². The van der Waals surface area contributed by atoms with Crippen molar-refractivity contribution in [2.75, 3.05) is 19.5 Å². The summed E-state index contributed by atoms with van der Waals surface area (Å²) in [6.07, 6.45) is 0. The fourth-order valence-electron chi connectivity index (χ4n) is 1.84. The minimum atomic E-state index is -3.97. The number of hydrogen-bond acceptors (Lipinski definition) is 8. The molecule has 0 aliphatic heterocycles. The summed E-state index contributed by atoms with van der Waals surface area (Å²) in [5, 5.41) is 10.2. The Hall–Kier alpha value is -2.49. The second-order valence-electron chi connectivity index (χ2n) is 4.53. The zero-order valence-corrected chi connectivity index (χ0v) is 13.5. The van der Waals surface area contributed by atoms with Crippen molar-refractivity contribution in [2.24, 2.45) is 0 Å². The van der Waals surface area contributed by atoms with Crippen LogP contribution < -0.4 is 4.74 Å². The molecule has 1 heterocycles. The van der Waals surface area contributed by atoms with Crippen LogP contribution in [0.3, 0.4) is 0 Å². The molecule has 1 aromatic heterocycles. The first-order valence-electron chi connectivity index (χ1n) is 6.73. The predicted octanol–water partition coefficient (Wildman–Crippen LogP) is 0.0668. The van der Waals surface area contributed by atoms with Crippen LogP contribution in [0.25, 0.3) is 0 Å². The van der Waals surface area contributed by atoms with E-state index in [4.69, 9.17) is 4.74 Å². The highest BCUT2D eigenvalue weighted by Crippen LogP contribution is 2.14. The van der Waals surface area contributed by atoms with Gasteiger partial charge in [-0.1, -0.05) is 17.2 Å². The smallest absolute Gasteiger partial charge is 0.321 e. The Bertz CT molecular complexity index is 770. The number of esters is 1. The summed E-state index contributed by atoms with van der Waals surface area (Å²) in [5.74, 6) is -0.962. The lowest BCUT2D eigenvalue weighted by molar-refractivity contribution is -0.139. The van der Waals surface area contributed by atoms with Gasteiger partial charge in [0.25, 0.3) is 5.16 Å².